The molecular formula is C17H17ClN2O. The number of benzene rings is 2. The van der Waals surface area contributed by atoms with Gasteiger partial charge in [0.25, 0.3) is 0 Å². The summed E-state index contributed by atoms with van der Waals surface area (Å²) in [4.78, 5) is 6.77. The normalized spacial score (nSPS) is 15.0. The lowest BCUT2D eigenvalue weighted by molar-refractivity contribution is 0.474. The molecule has 21 heavy (non-hydrogen) atoms. The number of phenolic OH excluding ortho intramolecular Hbond substituents is 1. The van der Waals surface area contributed by atoms with Crippen LogP contribution in [0.3, 0.4) is 0 Å². The van der Waals surface area contributed by atoms with Gasteiger partial charge in [-0.25, -0.2) is 0 Å². The van der Waals surface area contributed by atoms with Crippen molar-refractivity contribution >= 4 is 29.2 Å². The first kappa shape index (κ1) is 14.0. The van der Waals surface area contributed by atoms with Crippen molar-refractivity contribution in [2.75, 3.05) is 18.0 Å². The summed E-state index contributed by atoms with van der Waals surface area (Å²) in [5, 5.41) is 10.3. The molecule has 0 aliphatic carbocycles. The molecule has 0 unspecified atom stereocenters. The van der Waals surface area contributed by atoms with Gasteiger partial charge in [0, 0.05) is 35.6 Å². The first-order chi connectivity index (χ1) is 10.2. The zero-order valence-corrected chi connectivity index (χ0v) is 12.4. The van der Waals surface area contributed by atoms with Crippen LogP contribution < -0.4 is 4.90 Å². The van der Waals surface area contributed by atoms with E-state index < -0.39 is 0 Å². The second kappa shape index (κ2) is 6.19. The van der Waals surface area contributed by atoms with E-state index in [-0.39, 0.29) is 5.75 Å². The lowest BCUT2D eigenvalue weighted by atomic mass is 10.2. The first-order valence-corrected chi connectivity index (χ1v) is 7.48. The highest BCUT2D eigenvalue weighted by molar-refractivity contribution is 6.30. The molecule has 2 aromatic rings. The quantitative estimate of drug-likeness (QED) is 0.853. The Labute approximate surface area is 129 Å². The lowest BCUT2D eigenvalue weighted by Crippen LogP contribution is -2.17. The van der Waals surface area contributed by atoms with Crippen LogP contribution in [0.15, 0.2) is 47.5 Å². The molecule has 4 heteroatoms. The molecule has 1 saturated heterocycles. The average molecular weight is 301 g/mol. The minimum absolute atomic E-state index is 0.178. The van der Waals surface area contributed by atoms with Crippen LogP contribution >= 0.6 is 11.6 Å². The Morgan fingerprint density at radius 1 is 1.05 bits per heavy atom. The van der Waals surface area contributed by atoms with E-state index in [1.807, 2.05) is 12.1 Å². The summed E-state index contributed by atoms with van der Waals surface area (Å²) in [7, 11) is 0. The maximum absolute atomic E-state index is 9.74. The number of anilines is 1. The molecule has 1 aliphatic rings. The van der Waals surface area contributed by atoms with Crippen LogP contribution in [-0.2, 0) is 0 Å². The Morgan fingerprint density at radius 3 is 2.48 bits per heavy atom. The maximum atomic E-state index is 9.74. The molecule has 1 heterocycles. The van der Waals surface area contributed by atoms with Crippen molar-refractivity contribution in [3.8, 4) is 5.75 Å². The molecule has 3 nitrogen and oxygen atoms in total. The number of aliphatic imine (C=N–C) groups is 1. The number of aromatic hydroxyl groups is 1. The van der Waals surface area contributed by atoms with Crippen LogP contribution in [0.5, 0.6) is 5.75 Å². The van der Waals surface area contributed by atoms with Crippen LogP contribution in [-0.4, -0.2) is 24.4 Å². The Balaban J connectivity index is 1.75. The van der Waals surface area contributed by atoms with E-state index in [2.05, 4.69) is 22.0 Å². The van der Waals surface area contributed by atoms with Crippen LogP contribution in [0.1, 0.15) is 18.4 Å². The number of rotatable bonds is 3. The van der Waals surface area contributed by atoms with Crippen molar-refractivity contribution in [3.63, 3.8) is 0 Å². The van der Waals surface area contributed by atoms with Gasteiger partial charge in [0.2, 0.25) is 0 Å². The van der Waals surface area contributed by atoms with Crippen LogP contribution in [0.4, 0.5) is 11.4 Å². The van der Waals surface area contributed by atoms with Crippen molar-refractivity contribution in [3.05, 3.63) is 53.1 Å². The third-order valence-corrected chi connectivity index (χ3v) is 3.90. The Morgan fingerprint density at radius 2 is 1.76 bits per heavy atom. The summed E-state index contributed by atoms with van der Waals surface area (Å²) < 4.78 is 0. The highest BCUT2D eigenvalue weighted by atomic mass is 35.5. The molecule has 0 bridgehead atoms. The average Bonchev–Trinajstić information content (AvgIpc) is 3.03. The van der Waals surface area contributed by atoms with E-state index in [1.54, 1.807) is 24.4 Å². The predicted molar refractivity (Wildman–Crippen MR) is 88.3 cm³/mol. The highest BCUT2D eigenvalue weighted by Gasteiger charge is 2.11. The van der Waals surface area contributed by atoms with Gasteiger partial charge >= 0.3 is 0 Å². The fourth-order valence-electron chi connectivity index (χ4n) is 2.50. The molecule has 108 valence electrons. The molecule has 0 amide bonds. The molecule has 0 spiro atoms. The fourth-order valence-corrected chi connectivity index (χ4v) is 2.68. The molecule has 0 aromatic heterocycles. The van der Waals surface area contributed by atoms with Gasteiger partial charge in [0.1, 0.15) is 5.75 Å². The van der Waals surface area contributed by atoms with E-state index >= 15 is 0 Å². The minimum atomic E-state index is 0.178. The molecule has 1 N–H and O–H groups in total. The number of halogens is 1. The second-order valence-electron chi connectivity index (χ2n) is 5.17. The smallest absolute Gasteiger partial charge is 0.124 e. The van der Waals surface area contributed by atoms with Gasteiger partial charge in [-0.15, -0.1) is 0 Å². The summed E-state index contributed by atoms with van der Waals surface area (Å²) in [5.74, 6) is 0.178. The van der Waals surface area contributed by atoms with Gasteiger partial charge in [-0.1, -0.05) is 11.6 Å². The Bertz CT molecular complexity index is 646. The summed E-state index contributed by atoms with van der Waals surface area (Å²) in [5.41, 5.74) is 2.72. The standard InChI is InChI=1S/C17H17ClN2O/c18-14-3-8-17(21)13(11-14)12-19-15-4-6-16(7-5-15)20-9-1-2-10-20/h3-8,11-12,21H,1-2,9-10H2. The monoisotopic (exact) mass is 300 g/mol. The number of nitrogens with zero attached hydrogens (tertiary/aromatic N) is 2. The number of hydrogen-bond acceptors (Lipinski definition) is 3. The predicted octanol–water partition coefficient (Wildman–Crippen LogP) is 4.40. The summed E-state index contributed by atoms with van der Waals surface area (Å²) >= 11 is 5.91. The van der Waals surface area contributed by atoms with Gasteiger partial charge in [-0.05, 0) is 55.3 Å². The molecule has 0 saturated carbocycles. The molecule has 0 atom stereocenters. The van der Waals surface area contributed by atoms with Crippen LogP contribution in [0.25, 0.3) is 0 Å². The van der Waals surface area contributed by atoms with Crippen molar-refractivity contribution in [1.29, 1.82) is 0 Å². The van der Waals surface area contributed by atoms with Gasteiger partial charge in [0.15, 0.2) is 0 Å². The molecule has 1 fully saturated rings. The van der Waals surface area contributed by atoms with Crippen molar-refractivity contribution in [2.45, 2.75) is 12.8 Å². The van der Waals surface area contributed by atoms with Crippen LogP contribution in [0.2, 0.25) is 5.02 Å². The Hall–Kier alpha value is -2.00. The van der Waals surface area contributed by atoms with Gasteiger partial charge in [0.05, 0.1) is 5.69 Å². The summed E-state index contributed by atoms with van der Waals surface area (Å²) in [6.07, 6.45) is 4.17. The van der Waals surface area contributed by atoms with Gasteiger partial charge in [-0.2, -0.15) is 0 Å². The van der Waals surface area contributed by atoms with Crippen molar-refractivity contribution in [2.24, 2.45) is 4.99 Å². The summed E-state index contributed by atoms with van der Waals surface area (Å²) in [6.45, 7) is 2.28. The SMILES string of the molecule is Oc1ccc(Cl)cc1C=Nc1ccc(N2CCCC2)cc1. The third kappa shape index (κ3) is 3.37. The molecule has 3 rings (SSSR count). The zero-order chi connectivity index (χ0) is 14.7. The maximum Gasteiger partial charge on any atom is 0.124 e. The Kier molecular flexibility index (Phi) is 4.11. The number of hydrogen-bond donors (Lipinski definition) is 1. The van der Waals surface area contributed by atoms with Gasteiger partial charge in [-0.3, -0.25) is 4.99 Å². The van der Waals surface area contributed by atoms with E-state index in [9.17, 15) is 5.11 Å². The third-order valence-electron chi connectivity index (χ3n) is 3.66. The topological polar surface area (TPSA) is 35.8 Å². The second-order valence-corrected chi connectivity index (χ2v) is 5.61. The van der Waals surface area contributed by atoms with Crippen LogP contribution in [0, 0.1) is 0 Å². The molecule has 1 aliphatic heterocycles. The van der Waals surface area contributed by atoms with Crippen molar-refractivity contribution < 1.29 is 5.11 Å². The van der Waals surface area contributed by atoms with E-state index in [0.717, 1.165) is 18.8 Å². The zero-order valence-electron chi connectivity index (χ0n) is 11.7. The number of phenols is 1. The minimum Gasteiger partial charge on any atom is -0.507 e. The largest absolute Gasteiger partial charge is 0.507 e. The molecule has 2 aromatic carbocycles. The molecular weight excluding hydrogens is 284 g/mol. The van der Waals surface area contributed by atoms with E-state index in [4.69, 9.17) is 11.6 Å². The lowest BCUT2D eigenvalue weighted by Gasteiger charge is -2.17. The first-order valence-electron chi connectivity index (χ1n) is 7.10. The van der Waals surface area contributed by atoms with E-state index in [1.165, 1.54) is 18.5 Å². The highest BCUT2D eigenvalue weighted by Crippen LogP contribution is 2.24. The van der Waals surface area contributed by atoms with Crippen molar-refractivity contribution in [1.82, 2.24) is 0 Å². The molecule has 0 radical (unpaired) electrons. The van der Waals surface area contributed by atoms with E-state index in [0.29, 0.717) is 10.6 Å². The summed E-state index contributed by atoms with van der Waals surface area (Å²) in [6, 6.07) is 13.1. The van der Waals surface area contributed by atoms with Gasteiger partial charge < -0.3 is 10.0 Å². The fraction of sp³-hybridized carbons (Fsp3) is 0.235.